The van der Waals surface area contributed by atoms with E-state index in [1.54, 1.807) is 6.07 Å². The Morgan fingerprint density at radius 3 is 2.45 bits per heavy atom. The largest absolute Gasteiger partial charge is 0.462 e. The van der Waals surface area contributed by atoms with Gasteiger partial charge in [-0.15, -0.1) is 0 Å². The molecule has 0 radical (unpaired) electrons. The monoisotopic (exact) mass is 277 g/mol. The molecule has 0 aliphatic heterocycles. The fourth-order valence-corrected chi connectivity index (χ4v) is 2.14. The van der Waals surface area contributed by atoms with Gasteiger partial charge in [-0.2, -0.15) is 0 Å². The van der Waals surface area contributed by atoms with Gasteiger partial charge in [0.2, 0.25) is 0 Å². The molecule has 20 heavy (non-hydrogen) atoms. The summed E-state index contributed by atoms with van der Waals surface area (Å²) in [6.45, 7) is 6.60. The van der Waals surface area contributed by atoms with E-state index in [-0.39, 0.29) is 5.97 Å². The molecule has 1 rings (SSSR count). The smallest absolute Gasteiger partial charge is 0.340 e. The first-order valence-corrected chi connectivity index (χ1v) is 7.60. The molecule has 0 amide bonds. The lowest BCUT2D eigenvalue weighted by atomic mass is 10.0. The fourth-order valence-electron chi connectivity index (χ4n) is 2.14. The Bertz CT molecular complexity index is 441. The van der Waals surface area contributed by atoms with Crippen molar-refractivity contribution in [1.29, 1.82) is 0 Å². The highest BCUT2D eigenvalue weighted by Gasteiger charge is 2.13. The van der Waals surface area contributed by atoms with Crippen LogP contribution in [0.1, 0.15) is 66.9 Å². The van der Waals surface area contributed by atoms with E-state index in [1.807, 2.05) is 19.9 Å². The third kappa shape index (κ3) is 4.87. The molecule has 0 aliphatic carbocycles. The Labute approximate surface area is 122 Å². The van der Waals surface area contributed by atoms with Crippen molar-refractivity contribution in [3.05, 3.63) is 28.8 Å². The van der Waals surface area contributed by atoms with Gasteiger partial charge in [-0.3, -0.25) is 0 Å². The maximum Gasteiger partial charge on any atom is 0.340 e. The van der Waals surface area contributed by atoms with Crippen LogP contribution in [0.2, 0.25) is 0 Å². The van der Waals surface area contributed by atoms with Gasteiger partial charge in [0.15, 0.2) is 0 Å². The van der Waals surface area contributed by atoms with Gasteiger partial charge in [0.25, 0.3) is 0 Å². The lowest BCUT2D eigenvalue weighted by Crippen LogP contribution is -2.10. The Morgan fingerprint density at radius 1 is 1.10 bits per heavy atom. The van der Waals surface area contributed by atoms with E-state index >= 15 is 0 Å². The zero-order valence-corrected chi connectivity index (χ0v) is 13.0. The van der Waals surface area contributed by atoms with Crippen molar-refractivity contribution >= 4 is 11.7 Å². The zero-order chi connectivity index (χ0) is 15.0. The minimum Gasteiger partial charge on any atom is -0.462 e. The molecule has 1 aromatic carbocycles. The highest BCUT2D eigenvalue weighted by molar-refractivity contribution is 5.96. The van der Waals surface area contributed by atoms with E-state index in [0.717, 1.165) is 24.0 Å². The zero-order valence-electron chi connectivity index (χ0n) is 13.0. The second-order valence-electron chi connectivity index (χ2n) is 5.37. The second-order valence-corrected chi connectivity index (χ2v) is 5.37. The number of rotatable bonds is 8. The van der Waals surface area contributed by atoms with Crippen molar-refractivity contribution in [2.24, 2.45) is 0 Å². The van der Waals surface area contributed by atoms with Gasteiger partial charge in [0.05, 0.1) is 12.2 Å². The highest BCUT2D eigenvalue weighted by Crippen LogP contribution is 2.21. The van der Waals surface area contributed by atoms with E-state index in [1.165, 1.54) is 25.7 Å². The summed E-state index contributed by atoms with van der Waals surface area (Å²) in [5, 5.41) is 0. The van der Waals surface area contributed by atoms with Crippen LogP contribution < -0.4 is 5.73 Å². The number of nitrogens with two attached hydrogens (primary N) is 1. The lowest BCUT2D eigenvalue weighted by Gasteiger charge is -2.10. The number of ether oxygens (including phenoxy) is 1. The number of hydrogen-bond donors (Lipinski definition) is 1. The maximum atomic E-state index is 12.0. The molecular weight excluding hydrogens is 250 g/mol. The molecular formula is C17H27NO2. The first kappa shape index (κ1) is 16.5. The summed E-state index contributed by atoms with van der Waals surface area (Å²) in [6.07, 6.45) is 7.08. The average molecular weight is 277 g/mol. The van der Waals surface area contributed by atoms with E-state index in [2.05, 4.69) is 6.92 Å². The molecule has 112 valence electrons. The van der Waals surface area contributed by atoms with Crippen LogP contribution in [0, 0.1) is 13.8 Å². The van der Waals surface area contributed by atoms with Crippen LogP contribution in [0.3, 0.4) is 0 Å². The standard InChI is InChI=1S/C17H27NO2/c1-4-5-6-7-8-9-12-20-17(19)15-11-10-13(2)14(3)16(15)18/h10-11H,4-9,12,18H2,1-3H3. The molecule has 0 atom stereocenters. The number of hydrogen-bond acceptors (Lipinski definition) is 3. The minimum absolute atomic E-state index is 0.306. The number of nitrogen functional groups attached to an aromatic ring is 1. The van der Waals surface area contributed by atoms with Crippen LogP contribution in [-0.4, -0.2) is 12.6 Å². The van der Waals surface area contributed by atoms with Crippen LogP contribution in [-0.2, 0) is 4.74 Å². The Morgan fingerprint density at radius 2 is 1.75 bits per heavy atom. The molecule has 0 unspecified atom stereocenters. The summed E-state index contributed by atoms with van der Waals surface area (Å²) in [5.74, 6) is -0.306. The normalized spacial score (nSPS) is 10.6. The van der Waals surface area contributed by atoms with E-state index in [4.69, 9.17) is 10.5 Å². The second kappa shape index (κ2) is 8.62. The van der Waals surface area contributed by atoms with Gasteiger partial charge >= 0.3 is 5.97 Å². The first-order chi connectivity index (χ1) is 9.57. The number of carbonyl (C=O) groups excluding carboxylic acids is 1. The molecule has 3 nitrogen and oxygen atoms in total. The van der Waals surface area contributed by atoms with Crippen LogP contribution in [0.15, 0.2) is 12.1 Å². The van der Waals surface area contributed by atoms with Crippen molar-refractivity contribution in [1.82, 2.24) is 0 Å². The summed E-state index contributed by atoms with van der Waals surface area (Å²) in [6, 6.07) is 3.66. The third-order valence-corrected chi connectivity index (χ3v) is 3.74. The van der Waals surface area contributed by atoms with Gasteiger partial charge < -0.3 is 10.5 Å². The molecule has 0 saturated carbocycles. The number of carbonyl (C=O) groups is 1. The van der Waals surface area contributed by atoms with Gasteiger partial charge in [0, 0.05) is 5.69 Å². The number of benzene rings is 1. The van der Waals surface area contributed by atoms with Crippen molar-refractivity contribution < 1.29 is 9.53 Å². The lowest BCUT2D eigenvalue weighted by molar-refractivity contribution is 0.0499. The molecule has 0 aromatic heterocycles. The quantitative estimate of drug-likeness (QED) is 0.435. The summed E-state index contributed by atoms with van der Waals surface area (Å²) < 4.78 is 5.29. The topological polar surface area (TPSA) is 52.3 Å². The SMILES string of the molecule is CCCCCCCCOC(=O)c1ccc(C)c(C)c1N. The molecule has 0 bridgehead atoms. The summed E-state index contributed by atoms with van der Waals surface area (Å²) in [4.78, 5) is 12.0. The van der Waals surface area contributed by atoms with E-state index < -0.39 is 0 Å². The van der Waals surface area contributed by atoms with Gasteiger partial charge in [-0.05, 0) is 37.5 Å². The number of anilines is 1. The Balaban J connectivity index is 2.35. The molecule has 0 saturated heterocycles. The van der Waals surface area contributed by atoms with Crippen molar-refractivity contribution in [3.8, 4) is 0 Å². The molecule has 0 heterocycles. The number of esters is 1. The van der Waals surface area contributed by atoms with Gasteiger partial charge in [0.1, 0.15) is 0 Å². The van der Waals surface area contributed by atoms with Crippen LogP contribution >= 0.6 is 0 Å². The summed E-state index contributed by atoms with van der Waals surface area (Å²) >= 11 is 0. The van der Waals surface area contributed by atoms with Crippen LogP contribution in [0.25, 0.3) is 0 Å². The Hall–Kier alpha value is -1.51. The third-order valence-electron chi connectivity index (χ3n) is 3.74. The van der Waals surface area contributed by atoms with E-state index in [9.17, 15) is 4.79 Å². The predicted molar refractivity (Wildman–Crippen MR) is 84.0 cm³/mol. The van der Waals surface area contributed by atoms with Crippen molar-refractivity contribution in [2.75, 3.05) is 12.3 Å². The van der Waals surface area contributed by atoms with Crippen molar-refractivity contribution in [3.63, 3.8) is 0 Å². The number of aryl methyl sites for hydroxylation is 1. The Kier molecular flexibility index (Phi) is 7.13. The molecule has 0 spiro atoms. The molecule has 0 fully saturated rings. The average Bonchev–Trinajstić information content (AvgIpc) is 2.43. The first-order valence-electron chi connectivity index (χ1n) is 7.60. The van der Waals surface area contributed by atoms with E-state index in [0.29, 0.717) is 17.9 Å². The van der Waals surface area contributed by atoms with Gasteiger partial charge in [-0.1, -0.05) is 45.1 Å². The van der Waals surface area contributed by atoms with Gasteiger partial charge in [-0.25, -0.2) is 4.79 Å². The fraction of sp³-hybridized carbons (Fsp3) is 0.588. The van der Waals surface area contributed by atoms with Crippen LogP contribution in [0.4, 0.5) is 5.69 Å². The predicted octanol–water partition coefficient (Wildman–Crippen LogP) is 4.40. The summed E-state index contributed by atoms with van der Waals surface area (Å²) in [7, 11) is 0. The highest BCUT2D eigenvalue weighted by atomic mass is 16.5. The maximum absolute atomic E-state index is 12.0. The minimum atomic E-state index is -0.306. The number of unbranched alkanes of at least 4 members (excludes halogenated alkanes) is 5. The molecule has 3 heteroatoms. The molecule has 2 N–H and O–H groups in total. The summed E-state index contributed by atoms with van der Waals surface area (Å²) in [5.41, 5.74) is 9.04. The van der Waals surface area contributed by atoms with Crippen LogP contribution in [0.5, 0.6) is 0 Å². The molecule has 0 aliphatic rings. The van der Waals surface area contributed by atoms with Crippen molar-refractivity contribution in [2.45, 2.75) is 59.3 Å². The molecule has 1 aromatic rings.